The maximum absolute atomic E-state index is 13.4. The van der Waals surface area contributed by atoms with Crippen molar-refractivity contribution >= 4 is 5.91 Å². The predicted molar refractivity (Wildman–Crippen MR) is 95.2 cm³/mol. The third-order valence-corrected chi connectivity index (χ3v) is 5.79. The van der Waals surface area contributed by atoms with Crippen LogP contribution < -0.4 is 5.32 Å². The van der Waals surface area contributed by atoms with Crippen LogP contribution in [0.5, 0.6) is 0 Å². The minimum absolute atomic E-state index is 0.0633. The second-order valence-electron chi connectivity index (χ2n) is 7.15. The summed E-state index contributed by atoms with van der Waals surface area (Å²) in [5.41, 5.74) is 3.03. The van der Waals surface area contributed by atoms with Crippen LogP contribution in [0.3, 0.4) is 0 Å². The number of nitrogens with one attached hydrogen (secondary N) is 1. The highest BCUT2D eigenvalue weighted by Gasteiger charge is 2.42. The quantitative estimate of drug-likeness (QED) is 0.935. The van der Waals surface area contributed by atoms with Gasteiger partial charge in [0.1, 0.15) is 0 Å². The number of aromatic nitrogens is 2. The molecule has 0 radical (unpaired) electrons. The smallest absolute Gasteiger partial charge is 0.231 e. The second kappa shape index (κ2) is 6.64. The number of carbonyl (C=O) groups is 1. The van der Waals surface area contributed by atoms with E-state index in [0.29, 0.717) is 13.2 Å². The van der Waals surface area contributed by atoms with Crippen LogP contribution in [0.4, 0.5) is 0 Å². The lowest BCUT2D eigenvalue weighted by Gasteiger charge is -2.38. The normalized spacial score (nSPS) is 22.2. The highest BCUT2D eigenvalue weighted by atomic mass is 16.5. The number of hydrogen-bond donors (Lipinski definition) is 1. The lowest BCUT2D eigenvalue weighted by Crippen LogP contribution is -2.49. The van der Waals surface area contributed by atoms with E-state index in [1.54, 1.807) is 0 Å². The zero-order chi connectivity index (χ0) is 17.3. The Morgan fingerprint density at radius 1 is 1.28 bits per heavy atom. The first-order valence-electron chi connectivity index (χ1n) is 9.16. The summed E-state index contributed by atoms with van der Waals surface area (Å²) in [4.78, 5) is 13.4. The predicted octanol–water partition coefficient (Wildman–Crippen LogP) is 2.66. The Bertz CT molecular complexity index is 748. The standard InChI is InChI=1S/C20H25N3O2/c1-23-18-9-5-8-17(16(18)14-21-23)22-19(24)20(10-12-25-13-11-20)15-6-3-2-4-7-15/h2-4,6-7,14,17H,5,8-13H2,1H3,(H,22,24)/t17-/m0/s1. The fraction of sp³-hybridized carbons (Fsp3) is 0.500. The van der Waals surface area contributed by atoms with Gasteiger partial charge in [0.15, 0.2) is 0 Å². The van der Waals surface area contributed by atoms with Crippen LogP contribution in [0, 0.1) is 0 Å². The van der Waals surface area contributed by atoms with Gasteiger partial charge in [-0.1, -0.05) is 30.3 Å². The van der Waals surface area contributed by atoms with Crippen molar-refractivity contribution in [2.75, 3.05) is 13.2 Å². The molecule has 2 heterocycles. The summed E-state index contributed by atoms with van der Waals surface area (Å²) in [6, 6.07) is 10.2. The van der Waals surface area contributed by atoms with Gasteiger partial charge in [-0.2, -0.15) is 5.10 Å². The average molecular weight is 339 g/mol. The molecular formula is C20H25N3O2. The Kier molecular flexibility index (Phi) is 4.34. The Hall–Kier alpha value is -2.14. The van der Waals surface area contributed by atoms with E-state index in [1.165, 1.54) is 11.3 Å². The number of rotatable bonds is 3. The molecule has 5 nitrogen and oxygen atoms in total. The Balaban J connectivity index is 1.62. The maximum atomic E-state index is 13.4. The molecule has 0 saturated carbocycles. The number of fused-ring (bicyclic) bond motifs is 1. The summed E-state index contributed by atoms with van der Waals surface area (Å²) in [5, 5.41) is 7.74. The molecule has 4 rings (SSSR count). The zero-order valence-electron chi connectivity index (χ0n) is 14.7. The molecule has 1 atom stereocenters. The minimum Gasteiger partial charge on any atom is -0.381 e. The fourth-order valence-electron chi connectivity index (χ4n) is 4.28. The van der Waals surface area contributed by atoms with Gasteiger partial charge in [-0.15, -0.1) is 0 Å². The highest BCUT2D eigenvalue weighted by molar-refractivity contribution is 5.88. The maximum Gasteiger partial charge on any atom is 0.231 e. The van der Waals surface area contributed by atoms with E-state index in [2.05, 4.69) is 22.5 Å². The van der Waals surface area contributed by atoms with Crippen molar-refractivity contribution in [2.24, 2.45) is 7.05 Å². The van der Waals surface area contributed by atoms with Crippen molar-refractivity contribution in [3.63, 3.8) is 0 Å². The summed E-state index contributed by atoms with van der Waals surface area (Å²) < 4.78 is 7.49. The highest BCUT2D eigenvalue weighted by Crippen LogP contribution is 2.37. The molecule has 5 heteroatoms. The van der Waals surface area contributed by atoms with Crippen molar-refractivity contribution < 1.29 is 9.53 Å². The van der Waals surface area contributed by atoms with Gasteiger partial charge in [0.2, 0.25) is 5.91 Å². The Labute approximate surface area is 148 Å². The van der Waals surface area contributed by atoms with Gasteiger partial charge < -0.3 is 10.1 Å². The topological polar surface area (TPSA) is 56.2 Å². The van der Waals surface area contributed by atoms with Gasteiger partial charge in [0, 0.05) is 31.5 Å². The van der Waals surface area contributed by atoms with Crippen LogP contribution in [0.1, 0.15) is 48.5 Å². The van der Waals surface area contributed by atoms with E-state index in [4.69, 9.17) is 4.74 Å². The third-order valence-electron chi connectivity index (χ3n) is 5.79. The van der Waals surface area contributed by atoms with Gasteiger partial charge >= 0.3 is 0 Å². The molecule has 1 fully saturated rings. The van der Waals surface area contributed by atoms with Crippen LogP contribution >= 0.6 is 0 Å². The molecule has 1 aliphatic carbocycles. The summed E-state index contributed by atoms with van der Waals surface area (Å²) >= 11 is 0. The van der Waals surface area contributed by atoms with Crippen molar-refractivity contribution in [3.8, 4) is 0 Å². The van der Waals surface area contributed by atoms with Crippen molar-refractivity contribution in [1.29, 1.82) is 0 Å². The molecule has 1 aromatic carbocycles. The van der Waals surface area contributed by atoms with E-state index in [9.17, 15) is 4.79 Å². The minimum atomic E-state index is -0.487. The molecule has 0 spiro atoms. The second-order valence-corrected chi connectivity index (χ2v) is 7.15. The monoisotopic (exact) mass is 339 g/mol. The van der Waals surface area contributed by atoms with E-state index < -0.39 is 5.41 Å². The van der Waals surface area contributed by atoms with Gasteiger partial charge in [-0.3, -0.25) is 9.48 Å². The molecule has 2 aliphatic rings. The first-order valence-corrected chi connectivity index (χ1v) is 9.16. The van der Waals surface area contributed by atoms with Crippen LogP contribution in [0.15, 0.2) is 36.5 Å². The molecule has 25 heavy (non-hydrogen) atoms. The van der Waals surface area contributed by atoms with Crippen LogP contribution in [-0.4, -0.2) is 28.9 Å². The van der Waals surface area contributed by atoms with Crippen LogP contribution in [0.25, 0.3) is 0 Å². The summed E-state index contributed by atoms with van der Waals surface area (Å²) in [6.45, 7) is 1.26. The summed E-state index contributed by atoms with van der Waals surface area (Å²) in [7, 11) is 1.98. The largest absolute Gasteiger partial charge is 0.381 e. The number of aryl methyl sites for hydroxylation is 1. The molecule has 1 aromatic heterocycles. The average Bonchev–Trinajstić information content (AvgIpc) is 3.05. The van der Waals surface area contributed by atoms with Crippen LogP contribution in [-0.2, 0) is 28.4 Å². The molecule has 1 aliphatic heterocycles. The Morgan fingerprint density at radius 3 is 2.80 bits per heavy atom. The molecular weight excluding hydrogens is 314 g/mol. The summed E-state index contributed by atoms with van der Waals surface area (Å²) in [5.74, 6) is 0.128. The van der Waals surface area contributed by atoms with E-state index >= 15 is 0 Å². The number of nitrogens with zero attached hydrogens (tertiary/aromatic N) is 2. The Morgan fingerprint density at radius 2 is 2.04 bits per heavy atom. The lowest BCUT2D eigenvalue weighted by atomic mass is 9.73. The number of hydrogen-bond acceptors (Lipinski definition) is 3. The summed E-state index contributed by atoms with van der Waals surface area (Å²) in [6.07, 6.45) is 6.48. The molecule has 2 aromatic rings. The van der Waals surface area contributed by atoms with E-state index in [1.807, 2.05) is 36.1 Å². The van der Waals surface area contributed by atoms with E-state index in [0.717, 1.165) is 37.7 Å². The number of amides is 1. The van der Waals surface area contributed by atoms with Gasteiger partial charge in [-0.05, 0) is 37.7 Å². The zero-order valence-corrected chi connectivity index (χ0v) is 14.7. The number of carbonyl (C=O) groups excluding carboxylic acids is 1. The number of benzene rings is 1. The number of ether oxygens (including phenoxy) is 1. The molecule has 1 saturated heterocycles. The molecule has 1 amide bonds. The molecule has 0 unspecified atom stereocenters. The van der Waals surface area contributed by atoms with Crippen molar-refractivity contribution in [2.45, 2.75) is 43.6 Å². The van der Waals surface area contributed by atoms with E-state index in [-0.39, 0.29) is 11.9 Å². The van der Waals surface area contributed by atoms with Crippen molar-refractivity contribution in [3.05, 3.63) is 53.3 Å². The molecule has 132 valence electrons. The van der Waals surface area contributed by atoms with Crippen molar-refractivity contribution in [1.82, 2.24) is 15.1 Å². The molecule has 0 bridgehead atoms. The third kappa shape index (κ3) is 2.86. The first-order chi connectivity index (χ1) is 12.2. The van der Waals surface area contributed by atoms with Gasteiger partial charge in [-0.25, -0.2) is 0 Å². The van der Waals surface area contributed by atoms with Gasteiger partial charge in [0.05, 0.1) is 17.7 Å². The SMILES string of the molecule is Cn1ncc2c1CCC[C@@H]2NC(=O)C1(c2ccccc2)CCOCC1. The lowest BCUT2D eigenvalue weighted by molar-refractivity contribution is -0.131. The fourth-order valence-corrected chi connectivity index (χ4v) is 4.28. The first kappa shape index (κ1) is 16.3. The van der Waals surface area contributed by atoms with Gasteiger partial charge in [0.25, 0.3) is 0 Å². The van der Waals surface area contributed by atoms with Crippen LogP contribution in [0.2, 0.25) is 0 Å². The molecule has 1 N–H and O–H groups in total.